The van der Waals surface area contributed by atoms with Gasteiger partial charge in [-0.25, -0.2) is 10.0 Å². The zero-order chi connectivity index (χ0) is 13.1. The molecule has 18 heavy (non-hydrogen) atoms. The van der Waals surface area contributed by atoms with Crippen molar-refractivity contribution >= 4 is 17.0 Å². The van der Waals surface area contributed by atoms with Gasteiger partial charge in [-0.2, -0.15) is 4.98 Å². The monoisotopic (exact) mass is 248 g/mol. The quantitative estimate of drug-likeness (QED) is 0.502. The summed E-state index contributed by atoms with van der Waals surface area (Å²) in [4.78, 5) is 13.4. The fraction of sp³-hybridized carbons (Fsp3) is 0.417. The fourth-order valence-electron chi connectivity index (χ4n) is 1.80. The highest BCUT2D eigenvalue weighted by molar-refractivity contribution is 5.80. The largest absolute Gasteiger partial charge is 0.307 e. The van der Waals surface area contributed by atoms with Crippen LogP contribution in [0, 0.1) is 0 Å². The highest BCUT2D eigenvalue weighted by Gasteiger charge is 2.18. The molecule has 6 heteroatoms. The Balaban J connectivity index is 2.55. The van der Waals surface area contributed by atoms with Crippen LogP contribution in [0.2, 0.25) is 0 Å². The summed E-state index contributed by atoms with van der Waals surface area (Å²) in [5, 5.41) is 0. The number of imidazole rings is 1. The molecule has 0 saturated heterocycles. The Morgan fingerprint density at radius 2 is 2.28 bits per heavy atom. The van der Waals surface area contributed by atoms with Crippen molar-refractivity contribution in [2.45, 2.75) is 20.4 Å². The fourth-order valence-corrected chi connectivity index (χ4v) is 1.80. The first-order valence-corrected chi connectivity index (χ1v) is 5.75. The molecule has 2 rings (SSSR count). The second-order valence-corrected chi connectivity index (χ2v) is 4.36. The Labute approximate surface area is 106 Å². The van der Waals surface area contributed by atoms with Crippen molar-refractivity contribution in [1.29, 1.82) is 0 Å². The minimum Gasteiger partial charge on any atom is -0.278 e. The van der Waals surface area contributed by atoms with Gasteiger partial charge in [0.25, 0.3) is 0 Å². The highest BCUT2D eigenvalue weighted by Crippen LogP contribution is 2.17. The minimum absolute atomic E-state index is 0.672. The van der Waals surface area contributed by atoms with Crippen molar-refractivity contribution in [2.75, 3.05) is 12.6 Å². The molecule has 2 aromatic rings. The van der Waals surface area contributed by atoms with E-state index in [4.69, 9.17) is 4.84 Å². The Morgan fingerprint density at radius 1 is 1.50 bits per heavy atom. The maximum Gasteiger partial charge on any atom is 0.307 e. The van der Waals surface area contributed by atoms with Crippen LogP contribution < -0.4 is 10.0 Å². The summed E-state index contributed by atoms with van der Waals surface area (Å²) < 4.78 is 4.06. The molecule has 0 amide bonds. The van der Waals surface area contributed by atoms with Crippen molar-refractivity contribution in [1.82, 2.24) is 14.5 Å². The second-order valence-electron chi connectivity index (χ2n) is 4.36. The van der Waals surface area contributed by atoms with Crippen molar-refractivity contribution in [3.8, 4) is 0 Å². The lowest BCUT2D eigenvalue weighted by molar-refractivity contribution is -0.647. The number of nitrogens with zero attached hydrogens (tertiary/aromatic N) is 4. The highest BCUT2D eigenvalue weighted by atomic mass is 16.6. The SMILES string of the molecule is CONc1ncnc2c1n(CC=C(C)C)c[n+]2C. The molecule has 0 radical (unpaired) electrons. The Hall–Kier alpha value is -1.95. The van der Waals surface area contributed by atoms with E-state index in [1.54, 1.807) is 7.11 Å². The zero-order valence-electron chi connectivity index (χ0n) is 11.1. The first-order chi connectivity index (χ1) is 8.63. The molecule has 6 nitrogen and oxygen atoms in total. The normalized spacial score (nSPS) is 10.7. The molecule has 1 N–H and O–H groups in total. The van der Waals surface area contributed by atoms with Crippen molar-refractivity contribution in [3.63, 3.8) is 0 Å². The lowest BCUT2D eigenvalue weighted by Gasteiger charge is -2.02. The number of rotatable bonds is 4. The standard InChI is InChI=1S/C12H18N5O/c1-9(2)5-6-17-8-16(3)12-10(17)11(15-18-4)13-7-14-12/h5,7-8H,6H2,1-4H3,(H,13,14,15)/q+1. The molecule has 0 fully saturated rings. The number of allylic oxidation sites excluding steroid dienone is 2. The predicted octanol–water partition coefficient (Wildman–Crippen LogP) is 1.20. The molecular weight excluding hydrogens is 230 g/mol. The van der Waals surface area contributed by atoms with Crippen LogP contribution in [0.25, 0.3) is 11.2 Å². The maximum absolute atomic E-state index is 4.95. The molecular formula is C12H18N5O+. The smallest absolute Gasteiger partial charge is 0.278 e. The number of hydrogen-bond acceptors (Lipinski definition) is 4. The molecule has 0 unspecified atom stereocenters. The summed E-state index contributed by atoms with van der Waals surface area (Å²) in [5.74, 6) is 0.672. The summed E-state index contributed by atoms with van der Waals surface area (Å²) in [5.41, 5.74) is 5.86. The first-order valence-electron chi connectivity index (χ1n) is 5.75. The molecule has 0 aliphatic heterocycles. The molecule has 0 atom stereocenters. The molecule has 2 heterocycles. The Bertz CT molecular complexity index is 583. The van der Waals surface area contributed by atoms with E-state index < -0.39 is 0 Å². The van der Waals surface area contributed by atoms with Crippen molar-refractivity contribution < 1.29 is 9.40 Å². The van der Waals surface area contributed by atoms with Crippen LogP contribution in [0.4, 0.5) is 5.82 Å². The minimum atomic E-state index is 0.672. The van der Waals surface area contributed by atoms with Crippen LogP contribution >= 0.6 is 0 Å². The third-order valence-electron chi connectivity index (χ3n) is 2.63. The molecule has 2 aromatic heterocycles. The lowest BCUT2D eigenvalue weighted by atomic mass is 10.3. The average molecular weight is 248 g/mol. The molecule has 0 bridgehead atoms. The lowest BCUT2D eigenvalue weighted by Crippen LogP contribution is -2.26. The van der Waals surface area contributed by atoms with E-state index >= 15 is 0 Å². The molecule has 0 aromatic carbocycles. The van der Waals surface area contributed by atoms with E-state index in [1.165, 1.54) is 11.9 Å². The number of aryl methyl sites for hydroxylation is 1. The molecule has 0 aliphatic carbocycles. The van der Waals surface area contributed by atoms with Gasteiger partial charge in [-0.15, -0.1) is 0 Å². The Kier molecular flexibility index (Phi) is 3.57. The van der Waals surface area contributed by atoms with Gasteiger partial charge in [0.2, 0.25) is 5.52 Å². The first kappa shape index (κ1) is 12.5. The summed E-state index contributed by atoms with van der Waals surface area (Å²) >= 11 is 0. The zero-order valence-corrected chi connectivity index (χ0v) is 11.1. The van der Waals surface area contributed by atoms with Crippen LogP contribution in [0.1, 0.15) is 13.8 Å². The molecule has 0 aliphatic rings. The third kappa shape index (κ3) is 2.33. The third-order valence-corrected chi connectivity index (χ3v) is 2.63. The average Bonchev–Trinajstić information content (AvgIpc) is 2.66. The van der Waals surface area contributed by atoms with E-state index in [9.17, 15) is 0 Å². The van der Waals surface area contributed by atoms with Gasteiger partial charge >= 0.3 is 5.65 Å². The Morgan fingerprint density at radius 3 is 2.94 bits per heavy atom. The van der Waals surface area contributed by atoms with Gasteiger partial charge in [0.1, 0.15) is 0 Å². The van der Waals surface area contributed by atoms with Gasteiger partial charge in [0.05, 0.1) is 20.7 Å². The van der Waals surface area contributed by atoms with Gasteiger partial charge in [0, 0.05) is 0 Å². The number of hydrogen-bond donors (Lipinski definition) is 1. The summed E-state index contributed by atoms with van der Waals surface area (Å²) in [6, 6.07) is 0. The molecule has 96 valence electrons. The second kappa shape index (κ2) is 5.14. The van der Waals surface area contributed by atoms with Crippen LogP contribution in [-0.2, 0) is 18.4 Å². The van der Waals surface area contributed by atoms with Gasteiger partial charge in [-0.05, 0) is 13.8 Å². The summed E-state index contributed by atoms with van der Waals surface area (Å²) in [7, 11) is 3.53. The summed E-state index contributed by atoms with van der Waals surface area (Å²) in [6.07, 6.45) is 5.68. The van der Waals surface area contributed by atoms with Crippen LogP contribution in [0.3, 0.4) is 0 Å². The van der Waals surface area contributed by atoms with E-state index in [2.05, 4.69) is 39.9 Å². The number of anilines is 1. The van der Waals surface area contributed by atoms with Crippen LogP contribution in [0.5, 0.6) is 0 Å². The summed E-state index contributed by atoms with van der Waals surface area (Å²) in [6.45, 7) is 4.94. The number of nitrogens with one attached hydrogen (secondary N) is 1. The van der Waals surface area contributed by atoms with Gasteiger partial charge in [0.15, 0.2) is 18.5 Å². The van der Waals surface area contributed by atoms with Crippen molar-refractivity contribution in [2.24, 2.45) is 7.05 Å². The van der Waals surface area contributed by atoms with Crippen molar-refractivity contribution in [3.05, 3.63) is 24.3 Å². The number of fused-ring (bicyclic) bond motifs is 1. The van der Waals surface area contributed by atoms with Crippen LogP contribution in [0.15, 0.2) is 24.3 Å². The van der Waals surface area contributed by atoms with Crippen LogP contribution in [-0.4, -0.2) is 21.6 Å². The topological polar surface area (TPSA) is 55.9 Å². The predicted molar refractivity (Wildman–Crippen MR) is 68.8 cm³/mol. The van der Waals surface area contributed by atoms with Gasteiger partial charge in [-0.1, -0.05) is 16.6 Å². The maximum atomic E-state index is 4.95. The van der Waals surface area contributed by atoms with E-state index in [0.29, 0.717) is 5.82 Å². The molecule has 0 saturated carbocycles. The van der Waals surface area contributed by atoms with Gasteiger partial charge < -0.3 is 0 Å². The van der Waals surface area contributed by atoms with E-state index in [-0.39, 0.29) is 0 Å². The van der Waals surface area contributed by atoms with E-state index in [0.717, 1.165) is 17.7 Å². The molecule has 0 spiro atoms. The van der Waals surface area contributed by atoms with E-state index in [1.807, 2.05) is 17.9 Å². The number of aromatic nitrogens is 4. The van der Waals surface area contributed by atoms with Gasteiger partial charge in [-0.3, -0.25) is 9.40 Å².